The van der Waals surface area contributed by atoms with Crippen LogP contribution in [0, 0.1) is 0 Å². The minimum Gasteiger partial charge on any atom is -0.330 e. The maximum absolute atomic E-state index is 13.4. The molecule has 0 aliphatic carbocycles. The number of halogens is 1. The fourth-order valence-electron chi connectivity index (χ4n) is 4.27. The fourth-order valence-corrected chi connectivity index (χ4v) is 5.46. The molecule has 2 aromatic rings. The standard InChI is InChI=1S/C21H26ClN5OS/c1-12-20(19-18-13(2)29-10-17(18)25-11-26-19)27(8-7-24-12)21(28)16(23)9-14-3-5-15(22)6-4-14/h3-6,11-13,16,20,24H,7-10,23H2,1-2H3. The molecular formula is C21H26ClN5OS. The third-order valence-corrected chi connectivity index (χ3v) is 7.18. The summed E-state index contributed by atoms with van der Waals surface area (Å²) in [5.41, 5.74) is 10.6. The van der Waals surface area contributed by atoms with Crippen molar-refractivity contribution in [1.82, 2.24) is 20.2 Å². The van der Waals surface area contributed by atoms with E-state index in [1.165, 1.54) is 5.56 Å². The Labute approximate surface area is 180 Å². The summed E-state index contributed by atoms with van der Waals surface area (Å²) in [6, 6.07) is 6.83. The predicted molar refractivity (Wildman–Crippen MR) is 117 cm³/mol. The van der Waals surface area contributed by atoms with Crippen LogP contribution in [0.2, 0.25) is 5.02 Å². The summed E-state index contributed by atoms with van der Waals surface area (Å²) in [5, 5.41) is 4.50. The third kappa shape index (κ3) is 4.14. The number of aromatic nitrogens is 2. The Morgan fingerprint density at radius 1 is 1.34 bits per heavy atom. The minimum atomic E-state index is -0.606. The molecule has 1 aromatic carbocycles. The number of nitrogens with one attached hydrogen (secondary N) is 1. The second kappa shape index (κ2) is 8.60. The SMILES string of the molecule is CC1SCc2ncnc(C3C(C)NCCN3C(=O)C(N)Cc3ccc(Cl)cc3)c21. The number of nitrogens with zero attached hydrogens (tertiary/aromatic N) is 3. The molecule has 0 bridgehead atoms. The number of rotatable bonds is 4. The normalized spacial score (nSPS) is 25.0. The molecule has 8 heteroatoms. The highest BCUT2D eigenvalue weighted by Crippen LogP contribution is 2.44. The maximum Gasteiger partial charge on any atom is 0.240 e. The first kappa shape index (κ1) is 20.6. The molecule has 4 unspecified atom stereocenters. The second-order valence-electron chi connectivity index (χ2n) is 7.73. The first-order chi connectivity index (χ1) is 14.0. The first-order valence-electron chi connectivity index (χ1n) is 9.95. The van der Waals surface area contributed by atoms with Gasteiger partial charge in [-0.15, -0.1) is 11.8 Å². The van der Waals surface area contributed by atoms with Crippen molar-refractivity contribution in [3.8, 4) is 0 Å². The molecule has 3 N–H and O–H groups in total. The number of hydrogen-bond acceptors (Lipinski definition) is 6. The van der Waals surface area contributed by atoms with Crippen molar-refractivity contribution in [2.45, 2.75) is 49.4 Å². The van der Waals surface area contributed by atoms with Crippen LogP contribution in [-0.2, 0) is 17.0 Å². The summed E-state index contributed by atoms with van der Waals surface area (Å²) in [6.07, 6.45) is 2.11. The quantitative estimate of drug-likeness (QED) is 0.774. The van der Waals surface area contributed by atoms with Crippen molar-refractivity contribution >= 4 is 29.3 Å². The Bertz CT molecular complexity index is 893. The Kier molecular flexibility index (Phi) is 6.11. The number of benzene rings is 1. The summed E-state index contributed by atoms with van der Waals surface area (Å²) in [4.78, 5) is 24.4. The molecule has 0 spiro atoms. The number of carbonyl (C=O) groups excluding carboxylic acids is 1. The molecule has 154 valence electrons. The molecule has 3 heterocycles. The lowest BCUT2D eigenvalue weighted by atomic mass is 9.94. The molecule has 1 saturated heterocycles. The zero-order chi connectivity index (χ0) is 20.5. The first-order valence-corrected chi connectivity index (χ1v) is 11.4. The van der Waals surface area contributed by atoms with Crippen molar-refractivity contribution in [2.24, 2.45) is 5.73 Å². The molecule has 6 nitrogen and oxygen atoms in total. The van der Waals surface area contributed by atoms with E-state index in [9.17, 15) is 4.79 Å². The summed E-state index contributed by atoms with van der Waals surface area (Å²) >= 11 is 7.83. The highest BCUT2D eigenvalue weighted by molar-refractivity contribution is 7.99. The van der Waals surface area contributed by atoms with Crippen LogP contribution in [0.1, 0.15) is 47.7 Å². The third-order valence-electron chi connectivity index (χ3n) is 5.75. The van der Waals surface area contributed by atoms with Gasteiger partial charge >= 0.3 is 0 Å². The van der Waals surface area contributed by atoms with E-state index in [1.54, 1.807) is 6.33 Å². The Morgan fingerprint density at radius 2 is 2.10 bits per heavy atom. The lowest BCUT2D eigenvalue weighted by Crippen LogP contribution is -2.57. The van der Waals surface area contributed by atoms with E-state index in [2.05, 4.69) is 29.1 Å². The zero-order valence-corrected chi connectivity index (χ0v) is 18.2. The Balaban J connectivity index is 1.61. The second-order valence-corrected chi connectivity index (χ2v) is 9.49. The fraction of sp³-hybridized carbons (Fsp3) is 0.476. The van der Waals surface area contributed by atoms with E-state index >= 15 is 0 Å². The van der Waals surface area contributed by atoms with Gasteiger partial charge in [0, 0.05) is 40.7 Å². The van der Waals surface area contributed by atoms with Gasteiger partial charge in [0.2, 0.25) is 5.91 Å². The van der Waals surface area contributed by atoms with E-state index in [-0.39, 0.29) is 18.0 Å². The van der Waals surface area contributed by atoms with Crippen LogP contribution in [-0.4, -0.2) is 45.9 Å². The van der Waals surface area contributed by atoms with E-state index in [1.807, 2.05) is 40.9 Å². The highest BCUT2D eigenvalue weighted by atomic mass is 35.5. The molecule has 29 heavy (non-hydrogen) atoms. The molecule has 4 atom stereocenters. The van der Waals surface area contributed by atoms with Crippen LogP contribution in [0.5, 0.6) is 0 Å². The van der Waals surface area contributed by atoms with Gasteiger partial charge in [-0.3, -0.25) is 4.79 Å². The molecule has 1 amide bonds. The van der Waals surface area contributed by atoms with Crippen LogP contribution in [0.25, 0.3) is 0 Å². The number of nitrogens with two attached hydrogens (primary N) is 1. The number of piperazine rings is 1. The van der Waals surface area contributed by atoms with Gasteiger partial charge in [0.1, 0.15) is 6.33 Å². The van der Waals surface area contributed by atoms with Crippen molar-refractivity contribution in [3.63, 3.8) is 0 Å². The van der Waals surface area contributed by atoms with Gasteiger partial charge in [-0.05, 0) is 38.0 Å². The lowest BCUT2D eigenvalue weighted by molar-refractivity contribution is -0.137. The molecule has 1 aromatic heterocycles. The van der Waals surface area contributed by atoms with Crippen molar-refractivity contribution in [2.75, 3.05) is 13.1 Å². The van der Waals surface area contributed by atoms with Gasteiger partial charge in [0.05, 0.1) is 23.5 Å². The van der Waals surface area contributed by atoms with Crippen LogP contribution >= 0.6 is 23.4 Å². The molecule has 4 rings (SSSR count). The van der Waals surface area contributed by atoms with Gasteiger partial charge in [0.15, 0.2) is 0 Å². The molecule has 1 fully saturated rings. The number of fused-ring (bicyclic) bond motifs is 1. The number of amides is 1. The van der Waals surface area contributed by atoms with Gasteiger partial charge in [0.25, 0.3) is 0 Å². The lowest BCUT2D eigenvalue weighted by Gasteiger charge is -2.42. The topological polar surface area (TPSA) is 84.1 Å². The van der Waals surface area contributed by atoms with Crippen LogP contribution in [0.4, 0.5) is 0 Å². The van der Waals surface area contributed by atoms with Gasteiger partial charge < -0.3 is 16.0 Å². The summed E-state index contributed by atoms with van der Waals surface area (Å²) in [5.74, 6) is 0.855. The summed E-state index contributed by atoms with van der Waals surface area (Å²) < 4.78 is 0. The van der Waals surface area contributed by atoms with Crippen molar-refractivity contribution < 1.29 is 4.79 Å². The van der Waals surface area contributed by atoms with Gasteiger partial charge in [-0.25, -0.2) is 9.97 Å². The highest BCUT2D eigenvalue weighted by Gasteiger charge is 2.39. The molecule has 0 saturated carbocycles. The molecule has 2 aliphatic rings. The smallest absolute Gasteiger partial charge is 0.240 e. The Morgan fingerprint density at radius 3 is 2.86 bits per heavy atom. The molecular weight excluding hydrogens is 406 g/mol. The predicted octanol–water partition coefficient (Wildman–Crippen LogP) is 2.87. The van der Waals surface area contributed by atoms with E-state index in [0.717, 1.165) is 29.2 Å². The van der Waals surface area contributed by atoms with Crippen molar-refractivity contribution in [3.05, 3.63) is 58.1 Å². The average molecular weight is 432 g/mol. The maximum atomic E-state index is 13.4. The minimum absolute atomic E-state index is 0.0380. The average Bonchev–Trinajstić information content (AvgIpc) is 3.10. The zero-order valence-electron chi connectivity index (χ0n) is 16.6. The van der Waals surface area contributed by atoms with Gasteiger partial charge in [-0.1, -0.05) is 23.7 Å². The number of hydrogen-bond donors (Lipinski definition) is 2. The van der Waals surface area contributed by atoms with Crippen molar-refractivity contribution in [1.29, 1.82) is 0 Å². The van der Waals surface area contributed by atoms with E-state index < -0.39 is 6.04 Å². The monoisotopic (exact) mass is 431 g/mol. The Hall–Kier alpha value is -1.67. The number of carbonyl (C=O) groups is 1. The van der Waals surface area contributed by atoms with Crippen LogP contribution < -0.4 is 11.1 Å². The van der Waals surface area contributed by atoms with E-state index in [0.29, 0.717) is 23.2 Å². The van der Waals surface area contributed by atoms with Crippen LogP contribution in [0.15, 0.2) is 30.6 Å². The number of thioether (sulfide) groups is 1. The van der Waals surface area contributed by atoms with E-state index in [4.69, 9.17) is 17.3 Å². The molecule has 2 aliphatic heterocycles. The molecule has 0 radical (unpaired) electrons. The summed E-state index contributed by atoms with van der Waals surface area (Å²) in [7, 11) is 0. The van der Waals surface area contributed by atoms with Crippen LogP contribution in [0.3, 0.4) is 0 Å². The van der Waals surface area contributed by atoms with Gasteiger partial charge in [-0.2, -0.15) is 0 Å². The largest absolute Gasteiger partial charge is 0.330 e. The summed E-state index contributed by atoms with van der Waals surface area (Å²) in [6.45, 7) is 5.65.